The van der Waals surface area contributed by atoms with Crippen molar-refractivity contribution < 1.29 is 30.0 Å². The monoisotopic (exact) mass is 250 g/mol. The fraction of sp³-hybridized carbons (Fsp3) is 0.714. The van der Waals surface area contributed by atoms with Crippen LogP contribution in [0.1, 0.15) is 0 Å². The molecule has 0 radical (unpaired) electrons. The van der Waals surface area contributed by atoms with Gasteiger partial charge in [0.1, 0.15) is 12.2 Å². The van der Waals surface area contributed by atoms with Gasteiger partial charge in [0.2, 0.25) is 0 Å². The second-order valence-corrected chi connectivity index (χ2v) is 3.46. The largest absolute Gasteiger partial charge is 0.394 e. The average molecular weight is 250 g/mol. The first kappa shape index (κ1) is 13.6. The lowest BCUT2D eigenvalue weighted by Crippen LogP contribution is -2.60. The zero-order chi connectivity index (χ0) is 13.2. The molecular formula is C7H14N4O6. The number of carbonyl (C=O) groups excluding carboxylic acids is 1. The van der Waals surface area contributed by atoms with Gasteiger partial charge in [-0.3, -0.25) is 16.0 Å². The average Bonchev–Trinajstić information content (AvgIpc) is 2.41. The molecule has 4 atom stereocenters. The lowest BCUT2D eigenvalue weighted by molar-refractivity contribution is -0.242. The Morgan fingerprint density at radius 2 is 2.12 bits per heavy atom. The van der Waals surface area contributed by atoms with E-state index in [0.29, 0.717) is 0 Å². The number of hydrogen-bond donors (Lipinski definition) is 8. The molecule has 17 heavy (non-hydrogen) atoms. The van der Waals surface area contributed by atoms with Crippen molar-refractivity contribution in [1.82, 2.24) is 10.6 Å². The van der Waals surface area contributed by atoms with Gasteiger partial charge in [0.25, 0.3) is 5.91 Å². The summed E-state index contributed by atoms with van der Waals surface area (Å²) in [6.07, 6.45) is -4.66. The molecule has 1 unspecified atom stereocenters. The van der Waals surface area contributed by atoms with Gasteiger partial charge in [-0.1, -0.05) is 0 Å². The molecule has 10 heteroatoms. The summed E-state index contributed by atoms with van der Waals surface area (Å²) in [4.78, 5) is 11.1. The normalized spacial score (nSPS) is 36.6. The van der Waals surface area contributed by atoms with Gasteiger partial charge in [-0.05, 0) is 0 Å². The van der Waals surface area contributed by atoms with E-state index >= 15 is 0 Å². The van der Waals surface area contributed by atoms with E-state index in [2.05, 4.69) is 0 Å². The minimum atomic E-state index is -2.56. The first-order valence-corrected chi connectivity index (χ1v) is 4.60. The van der Waals surface area contributed by atoms with Crippen LogP contribution in [0, 0.1) is 5.41 Å². The highest BCUT2D eigenvalue weighted by atomic mass is 16.7. The van der Waals surface area contributed by atoms with Gasteiger partial charge in [-0.25, -0.2) is 4.79 Å². The van der Waals surface area contributed by atoms with E-state index in [1.807, 2.05) is 0 Å². The Kier molecular flexibility index (Phi) is 3.85. The van der Waals surface area contributed by atoms with Crippen molar-refractivity contribution in [3.05, 3.63) is 0 Å². The number of guanidine groups is 1. The predicted molar refractivity (Wildman–Crippen MR) is 52.5 cm³/mol. The van der Waals surface area contributed by atoms with Crippen molar-refractivity contribution in [2.24, 2.45) is 5.73 Å². The molecular weight excluding hydrogens is 236 g/mol. The number of carbonyl (C=O) groups is 1. The quantitative estimate of drug-likeness (QED) is 0.139. The minimum Gasteiger partial charge on any atom is -0.394 e. The number of rotatable bonds is 2. The summed E-state index contributed by atoms with van der Waals surface area (Å²) in [7, 11) is 0. The van der Waals surface area contributed by atoms with Crippen molar-refractivity contribution >= 4 is 12.0 Å². The minimum absolute atomic E-state index is 0.656. The fourth-order valence-electron chi connectivity index (χ4n) is 1.37. The summed E-state index contributed by atoms with van der Waals surface area (Å²) in [5, 5.41) is 47.6. The Bertz CT molecular complexity index is 325. The van der Waals surface area contributed by atoms with Crippen LogP contribution in [0.3, 0.4) is 0 Å². The topological polar surface area (TPSA) is 181 Å². The van der Waals surface area contributed by atoms with Crippen molar-refractivity contribution in [2.75, 3.05) is 6.61 Å². The van der Waals surface area contributed by atoms with Crippen LogP contribution < -0.4 is 16.4 Å². The Hall–Kier alpha value is -1.46. The Morgan fingerprint density at radius 3 is 2.53 bits per heavy atom. The molecule has 1 saturated heterocycles. The molecule has 1 rings (SSSR count). The number of nitrogens with one attached hydrogen (secondary N) is 3. The lowest BCUT2D eigenvalue weighted by Gasteiger charge is -2.26. The Balaban J connectivity index is 2.69. The molecule has 0 aromatic carbocycles. The van der Waals surface area contributed by atoms with Gasteiger partial charge in [-0.15, -0.1) is 0 Å². The third-order valence-electron chi connectivity index (χ3n) is 2.16. The lowest BCUT2D eigenvalue weighted by atomic mass is 10.1. The van der Waals surface area contributed by atoms with Crippen LogP contribution in [0.15, 0.2) is 0 Å². The van der Waals surface area contributed by atoms with Gasteiger partial charge in [0, 0.05) is 0 Å². The van der Waals surface area contributed by atoms with Crippen LogP contribution in [0.2, 0.25) is 0 Å². The van der Waals surface area contributed by atoms with Gasteiger partial charge < -0.3 is 30.9 Å². The van der Waals surface area contributed by atoms with E-state index in [1.54, 1.807) is 10.6 Å². The van der Waals surface area contributed by atoms with Crippen LogP contribution in [-0.2, 0) is 4.74 Å². The van der Waals surface area contributed by atoms with Crippen molar-refractivity contribution in [2.45, 2.75) is 24.2 Å². The number of ether oxygens (including phenoxy) is 1. The summed E-state index contributed by atoms with van der Waals surface area (Å²) < 4.78 is 4.70. The second kappa shape index (κ2) is 4.81. The van der Waals surface area contributed by atoms with Gasteiger partial charge in [0.15, 0.2) is 12.1 Å². The molecule has 1 aliphatic rings. The number of aliphatic hydroxyl groups is 4. The molecule has 2 amide bonds. The maximum atomic E-state index is 11.1. The summed E-state index contributed by atoms with van der Waals surface area (Å²) in [5.41, 5.74) is 4.86. The van der Waals surface area contributed by atoms with Gasteiger partial charge in [0.05, 0.1) is 6.61 Å². The number of urea groups is 1. The summed E-state index contributed by atoms with van der Waals surface area (Å²) >= 11 is 0. The molecule has 1 fully saturated rings. The third-order valence-corrected chi connectivity index (χ3v) is 2.16. The molecule has 0 bridgehead atoms. The number of amides is 2. The van der Waals surface area contributed by atoms with E-state index in [9.17, 15) is 20.1 Å². The van der Waals surface area contributed by atoms with Gasteiger partial charge >= 0.3 is 6.03 Å². The van der Waals surface area contributed by atoms with Crippen molar-refractivity contribution in [1.29, 1.82) is 5.41 Å². The second-order valence-electron chi connectivity index (χ2n) is 3.46. The molecule has 0 saturated carbocycles. The number of hydrogen-bond acceptors (Lipinski definition) is 7. The van der Waals surface area contributed by atoms with Gasteiger partial charge in [-0.2, -0.15) is 0 Å². The van der Waals surface area contributed by atoms with Crippen LogP contribution in [-0.4, -0.2) is 63.2 Å². The summed E-state index contributed by atoms with van der Waals surface area (Å²) in [6.45, 7) is -0.656. The van der Waals surface area contributed by atoms with Crippen LogP contribution in [0.25, 0.3) is 0 Å². The molecule has 1 heterocycles. The molecule has 0 spiro atoms. The SMILES string of the molecule is N=C(N)NC(=O)NC1(O)O[C@H](CO)[C@@H](O)[C@H]1O. The van der Waals surface area contributed by atoms with E-state index < -0.39 is 42.8 Å². The van der Waals surface area contributed by atoms with E-state index in [1.165, 1.54) is 0 Å². The van der Waals surface area contributed by atoms with E-state index in [4.69, 9.17) is 21.0 Å². The standard InChI is InChI=1S/C7H14N4O6/c8-5(9)10-6(15)11-7(16)4(14)3(13)2(1-12)17-7/h2-4,12-14,16H,1H2,(H5,8,9,10,11,15)/t2-,3-,4-,7?/m1/s1. The van der Waals surface area contributed by atoms with Crippen molar-refractivity contribution in [3.63, 3.8) is 0 Å². The number of aliphatic hydroxyl groups excluding tert-OH is 3. The first-order chi connectivity index (χ1) is 7.80. The molecule has 0 aromatic heterocycles. The molecule has 9 N–H and O–H groups in total. The Morgan fingerprint density at radius 1 is 1.53 bits per heavy atom. The molecule has 98 valence electrons. The Labute approximate surface area is 95.5 Å². The van der Waals surface area contributed by atoms with Crippen LogP contribution in [0.4, 0.5) is 4.79 Å². The first-order valence-electron chi connectivity index (χ1n) is 4.60. The fourth-order valence-corrected chi connectivity index (χ4v) is 1.37. The van der Waals surface area contributed by atoms with E-state index in [0.717, 1.165) is 0 Å². The molecule has 1 aliphatic heterocycles. The van der Waals surface area contributed by atoms with Crippen LogP contribution in [0.5, 0.6) is 0 Å². The highest BCUT2D eigenvalue weighted by Gasteiger charge is 2.54. The predicted octanol–water partition coefficient (Wildman–Crippen LogP) is -4.06. The highest BCUT2D eigenvalue weighted by molar-refractivity contribution is 5.93. The van der Waals surface area contributed by atoms with E-state index in [-0.39, 0.29) is 0 Å². The summed E-state index contributed by atoms with van der Waals surface area (Å²) in [6, 6.07) is -1.11. The smallest absolute Gasteiger partial charge is 0.325 e. The highest BCUT2D eigenvalue weighted by Crippen LogP contribution is 2.26. The molecule has 0 aromatic rings. The summed E-state index contributed by atoms with van der Waals surface area (Å²) in [5.74, 6) is -3.25. The maximum absolute atomic E-state index is 11.1. The molecule has 0 aliphatic carbocycles. The zero-order valence-corrected chi connectivity index (χ0v) is 8.62. The third kappa shape index (κ3) is 2.81. The zero-order valence-electron chi connectivity index (χ0n) is 8.62. The molecule has 10 nitrogen and oxygen atoms in total. The van der Waals surface area contributed by atoms with Crippen LogP contribution >= 0.6 is 0 Å². The number of nitrogens with two attached hydrogens (primary N) is 1. The maximum Gasteiger partial charge on any atom is 0.325 e. The van der Waals surface area contributed by atoms with Crippen molar-refractivity contribution in [3.8, 4) is 0 Å².